The van der Waals surface area contributed by atoms with Gasteiger partial charge in [0.05, 0.1) is 6.10 Å². The van der Waals surface area contributed by atoms with E-state index in [4.69, 9.17) is 15.0 Å². The molecule has 0 radical (unpaired) electrons. The van der Waals surface area contributed by atoms with Gasteiger partial charge < -0.3 is 20.3 Å². The van der Waals surface area contributed by atoms with Crippen LogP contribution >= 0.6 is 0 Å². The van der Waals surface area contributed by atoms with Gasteiger partial charge in [-0.2, -0.15) is 4.79 Å². The Morgan fingerprint density at radius 1 is 1.45 bits per heavy atom. The first-order valence-corrected chi connectivity index (χ1v) is 7.26. The molecule has 1 rings (SSSR count). The second-order valence-electron chi connectivity index (χ2n) is 5.30. The third-order valence-electron chi connectivity index (χ3n) is 3.06. The van der Waals surface area contributed by atoms with Crippen LogP contribution in [0.2, 0.25) is 0 Å². The van der Waals surface area contributed by atoms with Crippen molar-refractivity contribution in [2.24, 2.45) is 0 Å². The van der Waals surface area contributed by atoms with Gasteiger partial charge in [0, 0.05) is 13.0 Å². The molecule has 8 heteroatoms. The normalized spacial score (nSPS) is 18.4. The third-order valence-corrected chi connectivity index (χ3v) is 3.06. The molecule has 122 valence electrons. The Labute approximate surface area is 128 Å². The number of rotatable bonds is 8. The summed E-state index contributed by atoms with van der Waals surface area (Å²) in [5.74, 6) is -1.43. The average Bonchev–Trinajstić information content (AvgIpc) is 2.96. The quantitative estimate of drug-likeness (QED) is 0.298. The van der Waals surface area contributed by atoms with Crippen molar-refractivity contribution in [1.82, 2.24) is 5.32 Å². The molecule has 1 heterocycles. The van der Waals surface area contributed by atoms with Crippen LogP contribution in [0.15, 0.2) is 0 Å². The summed E-state index contributed by atoms with van der Waals surface area (Å²) >= 11 is 0. The van der Waals surface area contributed by atoms with Crippen molar-refractivity contribution in [2.75, 3.05) is 6.61 Å². The van der Waals surface area contributed by atoms with Crippen LogP contribution in [0.5, 0.6) is 0 Å². The van der Waals surface area contributed by atoms with Crippen molar-refractivity contribution >= 4 is 23.9 Å². The Kier molecular flexibility index (Phi) is 7.42. The first-order valence-electron chi connectivity index (χ1n) is 7.26. The van der Waals surface area contributed by atoms with Gasteiger partial charge >= 0.3 is 12.2 Å². The minimum atomic E-state index is -0.935. The first-order chi connectivity index (χ1) is 10.4. The van der Waals surface area contributed by atoms with E-state index in [1.54, 1.807) is 13.8 Å². The molecule has 0 spiro atoms. The number of ketones is 1. The SMILES string of the molecule is CC(C)OC(=O)[C@H](CCC(=O)C=[N+]=[N-])NC(=O)[C@@H]1CCCO1. The topological polar surface area (TPSA) is 118 Å². The van der Waals surface area contributed by atoms with E-state index in [0.29, 0.717) is 13.0 Å². The van der Waals surface area contributed by atoms with Crippen LogP contribution in [0.1, 0.15) is 39.5 Å². The zero-order chi connectivity index (χ0) is 16.5. The molecule has 1 amide bonds. The molecule has 0 unspecified atom stereocenters. The van der Waals surface area contributed by atoms with E-state index in [2.05, 4.69) is 10.1 Å². The van der Waals surface area contributed by atoms with Gasteiger partial charge in [-0.3, -0.25) is 9.59 Å². The summed E-state index contributed by atoms with van der Waals surface area (Å²) in [6.45, 7) is 3.91. The lowest BCUT2D eigenvalue weighted by Crippen LogP contribution is -2.46. The lowest BCUT2D eigenvalue weighted by Gasteiger charge is -2.20. The summed E-state index contributed by atoms with van der Waals surface area (Å²) in [5.41, 5.74) is 8.29. The van der Waals surface area contributed by atoms with Gasteiger partial charge in [-0.15, -0.1) is 0 Å². The average molecular weight is 311 g/mol. The molecule has 8 nitrogen and oxygen atoms in total. The van der Waals surface area contributed by atoms with Gasteiger partial charge in [-0.05, 0) is 33.1 Å². The van der Waals surface area contributed by atoms with Crippen LogP contribution in [-0.4, -0.2) is 53.5 Å². The Morgan fingerprint density at radius 3 is 2.73 bits per heavy atom. The molecular formula is C14H21N3O5. The van der Waals surface area contributed by atoms with Gasteiger partial charge in [0.1, 0.15) is 12.1 Å². The number of carbonyl (C=O) groups excluding carboxylic acids is 3. The molecule has 0 aromatic carbocycles. The second kappa shape index (κ2) is 9.07. The summed E-state index contributed by atoms with van der Waals surface area (Å²) < 4.78 is 10.3. The maximum Gasteiger partial charge on any atom is 0.328 e. The number of esters is 1. The van der Waals surface area contributed by atoms with Crippen molar-refractivity contribution in [2.45, 2.75) is 57.8 Å². The molecule has 0 aromatic rings. The Bertz CT molecular complexity index is 465. The van der Waals surface area contributed by atoms with Gasteiger partial charge in [0.15, 0.2) is 0 Å². The highest BCUT2D eigenvalue weighted by Gasteiger charge is 2.29. The Balaban J connectivity index is 2.63. The fourth-order valence-electron chi connectivity index (χ4n) is 2.03. The van der Waals surface area contributed by atoms with E-state index < -0.39 is 23.9 Å². The zero-order valence-corrected chi connectivity index (χ0v) is 12.8. The molecule has 1 aliphatic heterocycles. The molecule has 2 atom stereocenters. The molecule has 1 aliphatic rings. The highest BCUT2D eigenvalue weighted by Crippen LogP contribution is 2.13. The molecule has 0 aromatic heterocycles. The minimum absolute atomic E-state index is 0.0479. The second-order valence-corrected chi connectivity index (χ2v) is 5.30. The molecule has 0 aliphatic carbocycles. The van der Waals surface area contributed by atoms with E-state index in [1.165, 1.54) is 0 Å². The molecule has 0 saturated carbocycles. The van der Waals surface area contributed by atoms with Crippen molar-refractivity contribution in [1.29, 1.82) is 0 Å². The summed E-state index contributed by atoms with van der Waals surface area (Å²) in [4.78, 5) is 38.0. The van der Waals surface area contributed by atoms with Crippen molar-refractivity contribution in [3.63, 3.8) is 0 Å². The fraction of sp³-hybridized carbons (Fsp3) is 0.714. The number of nitrogens with one attached hydrogen (secondary N) is 1. The van der Waals surface area contributed by atoms with E-state index in [9.17, 15) is 14.4 Å². The van der Waals surface area contributed by atoms with Crippen LogP contribution < -0.4 is 5.32 Å². The Morgan fingerprint density at radius 2 is 2.18 bits per heavy atom. The smallest absolute Gasteiger partial charge is 0.328 e. The molecule has 1 saturated heterocycles. The lowest BCUT2D eigenvalue weighted by molar-refractivity contribution is -0.152. The van der Waals surface area contributed by atoms with Crippen LogP contribution in [0.3, 0.4) is 0 Å². The molecular weight excluding hydrogens is 290 g/mol. The standard InChI is InChI=1S/C14H21N3O5/c1-9(2)22-14(20)11(6-5-10(18)8-16-15)17-13(19)12-4-3-7-21-12/h8-9,11-12H,3-7H2,1-2H3,(H,17,19)/t11-,12-/m0/s1. The fourth-order valence-corrected chi connectivity index (χ4v) is 2.03. The number of amides is 1. The van der Waals surface area contributed by atoms with Gasteiger partial charge in [0.2, 0.25) is 11.7 Å². The number of hydrogen-bond donors (Lipinski definition) is 1. The summed E-state index contributed by atoms with van der Waals surface area (Å²) in [6.07, 6.45) is 1.28. The van der Waals surface area contributed by atoms with Crippen molar-refractivity contribution < 1.29 is 28.6 Å². The highest BCUT2D eigenvalue weighted by molar-refractivity contribution is 6.25. The summed E-state index contributed by atoms with van der Waals surface area (Å²) in [5, 5.41) is 2.56. The monoisotopic (exact) mass is 311 g/mol. The van der Waals surface area contributed by atoms with Crippen LogP contribution in [0.4, 0.5) is 0 Å². The molecule has 1 fully saturated rings. The van der Waals surface area contributed by atoms with E-state index in [-0.39, 0.29) is 24.9 Å². The predicted octanol–water partition coefficient (Wildman–Crippen LogP) is 0.252. The maximum atomic E-state index is 12.0. The van der Waals surface area contributed by atoms with E-state index in [0.717, 1.165) is 12.6 Å². The van der Waals surface area contributed by atoms with Crippen LogP contribution in [0.25, 0.3) is 5.53 Å². The lowest BCUT2D eigenvalue weighted by atomic mass is 10.1. The number of nitrogens with zero attached hydrogens (tertiary/aromatic N) is 2. The van der Waals surface area contributed by atoms with Crippen molar-refractivity contribution in [3.05, 3.63) is 5.53 Å². The third kappa shape index (κ3) is 6.15. The first kappa shape index (κ1) is 18.0. The predicted molar refractivity (Wildman–Crippen MR) is 76.1 cm³/mol. The molecule has 0 bridgehead atoms. The summed E-state index contributed by atoms with van der Waals surface area (Å²) in [7, 11) is 0. The number of hydrogen-bond acceptors (Lipinski definition) is 5. The highest BCUT2D eigenvalue weighted by atomic mass is 16.5. The number of Topliss-reactive ketones (excluding diaryl/α,β-unsaturated/α-hetero) is 1. The van der Waals surface area contributed by atoms with Gasteiger partial charge in [-0.1, -0.05) is 0 Å². The van der Waals surface area contributed by atoms with Gasteiger partial charge in [0.25, 0.3) is 0 Å². The largest absolute Gasteiger partial charge is 0.461 e. The van der Waals surface area contributed by atoms with E-state index in [1.807, 2.05) is 0 Å². The number of carbonyl (C=O) groups is 3. The zero-order valence-electron chi connectivity index (χ0n) is 12.8. The van der Waals surface area contributed by atoms with Crippen LogP contribution in [0, 0.1) is 0 Å². The van der Waals surface area contributed by atoms with Gasteiger partial charge in [-0.25, -0.2) is 4.79 Å². The minimum Gasteiger partial charge on any atom is -0.461 e. The number of ether oxygens (including phenoxy) is 2. The maximum absolute atomic E-state index is 12.0. The molecule has 22 heavy (non-hydrogen) atoms. The summed E-state index contributed by atoms with van der Waals surface area (Å²) in [6, 6.07) is -0.935. The molecule has 1 N–H and O–H groups in total. The van der Waals surface area contributed by atoms with E-state index >= 15 is 0 Å². The Hall–Kier alpha value is -2.05. The van der Waals surface area contributed by atoms with Crippen LogP contribution in [-0.2, 0) is 23.9 Å². The van der Waals surface area contributed by atoms with Crippen molar-refractivity contribution in [3.8, 4) is 0 Å².